The van der Waals surface area contributed by atoms with E-state index in [1.54, 1.807) is 13.0 Å². The number of piperidine rings is 1. The topological polar surface area (TPSA) is 79.5 Å². The molecular formula is C20H23FN4O3. The molecule has 0 atom stereocenters. The Morgan fingerprint density at radius 2 is 2.11 bits per heavy atom. The minimum Gasteiger partial charge on any atom is -0.342 e. The fourth-order valence-electron chi connectivity index (χ4n) is 4.20. The largest absolute Gasteiger partial charge is 0.342 e. The molecule has 28 heavy (non-hydrogen) atoms. The highest BCUT2D eigenvalue weighted by Crippen LogP contribution is 2.41. The molecule has 2 amide bonds. The number of rotatable bonds is 4. The van der Waals surface area contributed by atoms with E-state index in [4.69, 9.17) is 4.52 Å². The van der Waals surface area contributed by atoms with Crippen LogP contribution in [0.5, 0.6) is 0 Å². The number of hydrogen-bond acceptors (Lipinski definition) is 5. The van der Waals surface area contributed by atoms with E-state index in [-0.39, 0.29) is 29.5 Å². The van der Waals surface area contributed by atoms with E-state index in [1.165, 1.54) is 12.1 Å². The van der Waals surface area contributed by atoms with E-state index in [9.17, 15) is 14.0 Å². The van der Waals surface area contributed by atoms with Crippen LogP contribution in [0.1, 0.15) is 36.5 Å². The molecule has 0 saturated carbocycles. The van der Waals surface area contributed by atoms with Crippen LogP contribution >= 0.6 is 0 Å². The first-order valence-corrected chi connectivity index (χ1v) is 9.52. The van der Waals surface area contributed by atoms with Gasteiger partial charge in [0.25, 0.3) is 0 Å². The second kappa shape index (κ2) is 7.33. The Balaban J connectivity index is 1.33. The Morgan fingerprint density at radius 3 is 2.79 bits per heavy atom. The van der Waals surface area contributed by atoms with Crippen LogP contribution in [0, 0.1) is 18.2 Å². The van der Waals surface area contributed by atoms with E-state index in [0.717, 1.165) is 18.4 Å². The summed E-state index contributed by atoms with van der Waals surface area (Å²) in [6.07, 6.45) is 2.17. The van der Waals surface area contributed by atoms with Crippen LogP contribution < -0.4 is 0 Å². The molecule has 3 heterocycles. The Bertz CT molecular complexity index is 889. The maximum Gasteiger partial charge on any atom is 0.236 e. The van der Waals surface area contributed by atoms with Gasteiger partial charge in [-0.25, -0.2) is 4.39 Å². The lowest BCUT2D eigenvalue weighted by molar-refractivity contribution is -0.133. The third-order valence-electron chi connectivity index (χ3n) is 5.72. The van der Waals surface area contributed by atoms with Crippen molar-refractivity contribution in [2.24, 2.45) is 5.41 Å². The van der Waals surface area contributed by atoms with Gasteiger partial charge in [-0.1, -0.05) is 17.3 Å². The van der Waals surface area contributed by atoms with Gasteiger partial charge in [0.2, 0.25) is 17.7 Å². The molecule has 1 spiro atoms. The van der Waals surface area contributed by atoms with E-state index in [0.29, 0.717) is 44.3 Å². The molecule has 148 valence electrons. The lowest BCUT2D eigenvalue weighted by atomic mass is 9.77. The Morgan fingerprint density at radius 1 is 1.32 bits per heavy atom. The standard InChI is InChI=1S/C20H23FN4O3/c1-14-22-17(28-23-14)10-18(26)24-7-5-20(6-8-24)11-19(27)25(13-20)12-15-3-2-4-16(21)9-15/h2-4,9H,5-8,10-13H2,1H3. The van der Waals surface area contributed by atoms with Crippen molar-refractivity contribution in [1.29, 1.82) is 0 Å². The molecule has 0 N–H and O–H groups in total. The van der Waals surface area contributed by atoms with Crippen LogP contribution in [0.2, 0.25) is 0 Å². The minimum atomic E-state index is -0.290. The number of benzene rings is 1. The highest BCUT2D eigenvalue weighted by atomic mass is 19.1. The maximum atomic E-state index is 13.4. The molecule has 0 unspecified atom stereocenters. The minimum absolute atomic E-state index is 0.0283. The first kappa shape index (κ1) is 18.6. The molecular weight excluding hydrogens is 363 g/mol. The van der Waals surface area contributed by atoms with Gasteiger partial charge in [-0.15, -0.1) is 0 Å². The zero-order chi connectivity index (χ0) is 19.7. The molecule has 0 bridgehead atoms. The second-order valence-corrected chi connectivity index (χ2v) is 7.85. The summed E-state index contributed by atoms with van der Waals surface area (Å²) in [5.41, 5.74) is 0.704. The Kier molecular flexibility index (Phi) is 4.87. The van der Waals surface area contributed by atoms with Crippen molar-refractivity contribution < 1.29 is 18.5 Å². The molecule has 7 nitrogen and oxygen atoms in total. The molecule has 0 radical (unpaired) electrons. The fourth-order valence-corrected chi connectivity index (χ4v) is 4.20. The van der Waals surface area contributed by atoms with Crippen molar-refractivity contribution in [2.45, 2.75) is 39.2 Å². The molecule has 1 aromatic heterocycles. The third-order valence-corrected chi connectivity index (χ3v) is 5.72. The van der Waals surface area contributed by atoms with Gasteiger partial charge in [-0.05, 0) is 37.5 Å². The number of nitrogens with zero attached hydrogens (tertiary/aromatic N) is 4. The Labute approximate surface area is 162 Å². The van der Waals surface area contributed by atoms with Crippen molar-refractivity contribution in [1.82, 2.24) is 19.9 Å². The number of amides is 2. The highest BCUT2D eigenvalue weighted by molar-refractivity contribution is 5.80. The van der Waals surface area contributed by atoms with E-state index in [2.05, 4.69) is 10.1 Å². The van der Waals surface area contributed by atoms with Crippen molar-refractivity contribution >= 4 is 11.8 Å². The predicted octanol–water partition coefficient (Wildman–Crippen LogP) is 2.10. The zero-order valence-electron chi connectivity index (χ0n) is 15.9. The van der Waals surface area contributed by atoms with E-state index >= 15 is 0 Å². The molecule has 8 heteroatoms. The molecule has 0 aliphatic carbocycles. The average Bonchev–Trinajstić information content (AvgIpc) is 3.19. The SMILES string of the molecule is Cc1noc(CC(=O)N2CCC3(CC2)CC(=O)N(Cc2cccc(F)c2)C3)n1. The van der Waals surface area contributed by atoms with Gasteiger partial charge in [0.05, 0.1) is 0 Å². The van der Waals surface area contributed by atoms with Crippen LogP contribution in [-0.4, -0.2) is 51.4 Å². The quantitative estimate of drug-likeness (QED) is 0.804. The maximum absolute atomic E-state index is 13.4. The number of carbonyl (C=O) groups excluding carboxylic acids is 2. The number of hydrogen-bond donors (Lipinski definition) is 0. The van der Waals surface area contributed by atoms with Crippen molar-refractivity contribution in [3.63, 3.8) is 0 Å². The number of aryl methyl sites for hydroxylation is 1. The third kappa shape index (κ3) is 3.90. The van der Waals surface area contributed by atoms with E-state index in [1.807, 2.05) is 15.9 Å². The molecule has 2 aromatic rings. The van der Waals surface area contributed by atoms with Gasteiger partial charge in [0, 0.05) is 38.0 Å². The monoisotopic (exact) mass is 386 g/mol. The summed E-state index contributed by atoms with van der Waals surface area (Å²) in [6, 6.07) is 6.37. The number of likely N-dealkylation sites (tertiary alicyclic amines) is 2. The summed E-state index contributed by atoms with van der Waals surface area (Å²) >= 11 is 0. The summed E-state index contributed by atoms with van der Waals surface area (Å²) in [6.45, 7) is 4.04. The zero-order valence-corrected chi connectivity index (χ0v) is 15.9. The van der Waals surface area contributed by atoms with Gasteiger partial charge in [0.15, 0.2) is 5.82 Å². The van der Waals surface area contributed by atoms with Crippen LogP contribution in [0.3, 0.4) is 0 Å². The van der Waals surface area contributed by atoms with Gasteiger partial charge < -0.3 is 14.3 Å². The normalized spacial score (nSPS) is 18.9. The summed E-state index contributed by atoms with van der Waals surface area (Å²) in [5, 5.41) is 3.71. The van der Waals surface area contributed by atoms with Gasteiger partial charge in [-0.2, -0.15) is 4.98 Å². The molecule has 2 fully saturated rings. The summed E-state index contributed by atoms with van der Waals surface area (Å²) in [7, 11) is 0. The first-order chi connectivity index (χ1) is 13.4. The van der Waals surface area contributed by atoms with Crippen molar-refractivity contribution in [3.05, 3.63) is 47.4 Å². The predicted molar refractivity (Wildman–Crippen MR) is 97.4 cm³/mol. The van der Waals surface area contributed by atoms with Gasteiger partial charge in [-0.3, -0.25) is 9.59 Å². The summed E-state index contributed by atoms with van der Waals surface area (Å²) in [4.78, 5) is 32.7. The number of aromatic nitrogens is 2. The Hall–Kier alpha value is -2.77. The summed E-state index contributed by atoms with van der Waals surface area (Å²) in [5.74, 6) is 0.635. The van der Waals surface area contributed by atoms with Gasteiger partial charge >= 0.3 is 0 Å². The number of carbonyl (C=O) groups is 2. The lowest BCUT2D eigenvalue weighted by Crippen LogP contribution is -2.44. The highest BCUT2D eigenvalue weighted by Gasteiger charge is 2.45. The van der Waals surface area contributed by atoms with Crippen molar-refractivity contribution in [3.8, 4) is 0 Å². The smallest absolute Gasteiger partial charge is 0.236 e. The van der Waals surface area contributed by atoms with Crippen LogP contribution in [-0.2, 0) is 22.6 Å². The van der Waals surface area contributed by atoms with Gasteiger partial charge in [0.1, 0.15) is 12.2 Å². The first-order valence-electron chi connectivity index (χ1n) is 9.52. The van der Waals surface area contributed by atoms with Crippen LogP contribution in [0.15, 0.2) is 28.8 Å². The lowest BCUT2D eigenvalue weighted by Gasteiger charge is -2.38. The molecule has 1 aromatic carbocycles. The molecule has 4 rings (SSSR count). The molecule has 2 aliphatic rings. The molecule has 2 saturated heterocycles. The fraction of sp³-hybridized carbons (Fsp3) is 0.500. The summed E-state index contributed by atoms with van der Waals surface area (Å²) < 4.78 is 18.4. The number of halogens is 1. The second-order valence-electron chi connectivity index (χ2n) is 7.85. The van der Waals surface area contributed by atoms with Crippen LogP contribution in [0.25, 0.3) is 0 Å². The molecule has 2 aliphatic heterocycles. The van der Waals surface area contributed by atoms with E-state index < -0.39 is 0 Å². The van der Waals surface area contributed by atoms with Crippen molar-refractivity contribution in [2.75, 3.05) is 19.6 Å². The average molecular weight is 386 g/mol. The van der Waals surface area contributed by atoms with Crippen LogP contribution in [0.4, 0.5) is 4.39 Å².